The van der Waals surface area contributed by atoms with Crippen LogP contribution in [-0.4, -0.2) is 20.4 Å². The molecule has 0 aliphatic heterocycles. The molecule has 4 rings (SSSR count). The number of rotatable bonds is 8. The van der Waals surface area contributed by atoms with E-state index in [0.717, 1.165) is 11.1 Å². The van der Waals surface area contributed by atoms with Crippen molar-refractivity contribution in [3.63, 3.8) is 0 Å². The van der Waals surface area contributed by atoms with Crippen molar-refractivity contribution in [1.82, 2.24) is 19.9 Å². The zero-order valence-electron chi connectivity index (χ0n) is 17.2. The van der Waals surface area contributed by atoms with Crippen LogP contribution in [0.15, 0.2) is 91.8 Å². The van der Waals surface area contributed by atoms with Crippen LogP contribution in [0.2, 0.25) is 0 Å². The summed E-state index contributed by atoms with van der Waals surface area (Å²) in [5, 5.41) is 2.87. The number of aromatic nitrogens is 3. The van der Waals surface area contributed by atoms with Crippen molar-refractivity contribution in [1.29, 1.82) is 0 Å². The second kappa shape index (κ2) is 10.2. The van der Waals surface area contributed by atoms with Crippen LogP contribution in [0.4, 0.5) is 4.39 Å². The van der Waals surface area contributed by atoms with E-state index < -0.39 is 5.82 Å². The first kappa shape index (κ1) is 21.0. The van der Waals surface area contributed by atoms with Gasteiger partial charge in [0.05, 0.1) is 12.5 Å². The number of carbonyl (C=O) groups excluding carboxylic acids is 1. The first-order chi connectivity index (χ1) is 15.7. The van der Waals surface area contributed by atoms with Gasteiger partial charge in [-0.15, -0.1) is 0 Å². The van der Waals surface area contributed by atoms with E-state index in [9.17, 15) is 9.18 Å². The number of hydrogen-bond acceptors (Lipinski definition) is 4. The Morgan fingerprint density at radius 3 is 2.69 bits per heavy atom. The topological polar surface area (TPSA) is 69.0 Å². The fourth-order valence-electron chi connectivity index (χ4n) is 3.11. The summed E-state index contributed by atoms with van der Waals surface area (Å²) in [6, 6.07) is 15.8. The van der Waals surface area contributed by atoms with Crippen molar-refractivity contribution in [2.75, 3.05) is 0 Å². The minimum absolute atomic E-state index is 0.0918. The lowest BCUT2D eigenvalue weighted by Crippen LogP contribution is -2.21. The maximum atomic E-state index is 14.3. The first-order valence-electron chi connectivity index (χ1n) is 10.0. The van der Waals surface area contributed by atoms with Gasteiger partial charge in [-0.1, -0.05) is 30.3 Å². The van der Waals surface area contributed by atoms with E-state index in [1.54, 1.807) is 43.0 Å². The molecule has 1 amide bonds. The molecule has 0 saturated heterocycles. The van der Waals surface area contributed by atoms with Crippen molar-refractivity contribution in [2.45, 2.75) is 13.1 Å². The summed E-state index contributed by atoms with van der Waals surface area (Å²) in [4.78, 5) is 20.3. The molecule has 0 spiro atoms. The van der Waals surface area contributed by atoms with Crippen LogP contribution in [0, 0.1) is 5.82 Å². The molecule has 2 aromatic heterocycles. The van der Waals surface area contributed by atoms with Crippen molar-refractivity contribution in [3.05, 3.63) is 114 Å². The molecule has 1 N–H and O–H groups in total. The van der Waals surface area contributed by atoms with Crippen LogP contribution in [0.1, 0.15) is 16.7 Å². The molecule has 2 aromatic carbocycles. The molecular weight excluding hydrogens is 407 g/mol. The van der Waals surface area contributed by atoms with Gasteiger partial charge in [-0.3, -0.25) is 9.78 Å². The molecule has 0 aliphatic rings. The van der Waals surface area contributed by atoms with E-state index >= 15 is 0 Å². The fraction of sp³-hybridized carbons (Fsp3) is 0.0800. The van der Waals surface area contributed by atoms with Gasteiger partial charge in [0.15, 0.2) is 11.6 Å². The Hall–Kier alpha value is -4.26. The molecule has 0 radical (unpaired) electrons. The van der Waals surface area contributed by atoms with Gasteiger partial charge in [0.1, 0.15) is 5.75 Å². The van der Waals surface area contributed by atoms with Gasteiger partial charge in [0.25, 0.3) is 0 Å². The smallest absolute Gasteiger partial charge is 0.244 e. The van der Waals surface area contributed by atoms with Crippen molar-refractivity contribution < 1.29 is 13.9 Å². The molecule has 160 valence electrons. The number of halogens is 1. The third-order valence-corrected chi connectivity index (χ3v) is 4.73. The lowest BCUT2D eigenvalue weighted by Gasteiger charge is -2.10. The molecule has 2 heterocycles. The second-order valence-corrected chi connectivity index (χ2v) is 7.04. The van der Waals surface area contributed by atoms with Crippen LogP contribution in [-0.2, 0) is 17.9 Å². The van der Waals surface area contributed by atoms with Gasteiger partial charge in [0, 0.05) is 37.8 Å². The average molecular weight is 428 g/mol. The highest BCUT2D eigenvalue weighted by molar-refractivity contribution is 5.91. The van der Waals surface area contributed by atoms with Crippen molar-refractivity contribution in [3.8, 4) is 11.5 Å². The maximum Gasteiger partial charge on any atom is 0.244 e. The Morgan fingerprint density at radius 1 is 1.06 bits per heavy atom. The number of benzene rings is 2. The molecule has 32 heavy (non-hydrogen) atoms. The summed E-state index contributed by atoms with van der Waals surface area (Å²) >= 11 is 0. The highest BCUT2D eigenvalue weighted by Crippen LogP contribution is 2.24. The third-order valence-electron chi connectivity index (χ3n) is 4.73. The maximum absolute atomic E-state index is 14.3. The Bertz CT molecular complexity index is 1210. The molecule has 0 bridgehead atoms. The molecule has 0 atom stereocenters. The summed E-state index contributed by atoms with van der Waals surface area (Å²) in [5.41, 5.74) is 2.67. The number of amides is 1. The monoisotopic (exact) mass is 428 g/mol. The first-order valence-corrected chi connectivity index (χ1v) is 10.0. The normalized spacial score (nSPS) is 10.9. The van der Waals surface area contributed by atoms with Crippen LogP contribution in [0.25, 0.3) is 6.08 Å². The molecule has 4 aromatic rings. The molecular formula is C25H21FN4O2. The average Bonchev–Trinajstić information content (AvgIpc) is 3.32. The Kier molecular flexibility index (Phi) is 6.67. The van der Waals surface area contributed by atoms with Crippen LogP contribution in [0.3, 0.4) is 0 Å². The van der Waals surface area contributed by atoms with E-state index in [0.29, 0.717) is 24.4 Å². The summed E-state index contributed by atoms with van der Waals surface area (Å²) in [7, 11) is 0. The lowest BCUT2D eigenvalue weighted by molar-refractivity contribution is -0.116. The van der Waals surface area contributed by atoms with Gasteiger partial charge in [-0.25, -0.2) is 9.37 Å². The molecule has 7 heteroatoms. The lowest BCUT2D eigenvalue weighted by atomic mass is 10.1. The summed E-state index contributed by atoms with van der Waals surface area (Å²) < 4.78 is 21.8. The summed E-state index contributed by atoms with van der Waals surface area (Å²) in [5.74, 6) is -0.250. The minimum Gasteiger partial charge on any atom is -0.453 e. The standard InChI is InChI=1S/C25H21FN4O2/c26-23-14-19(7-9-24(23)32-22-6-3-11-27-16-22)8-10-25(31)29-15-20-4-1-2-5-21(20)17-30-13-12-28-18-30/h1-14,16,18H,15,17H2,(H,29,31)/b10-8+. The molecule has 0 aliphatic carbocycles. The summed E-state index contributed by atoms with van der Waals surface area (Å²) in [6.45, 7) is 1.06. The second-order valence-electron chi connectivity index (χ2n) is 7.04. The zero-order valence-corrected chi connectivity index (χ0v) is 17.2. The van der Waals surface area contributed by atoms with E-state index in [-0.39, 0.29) is 11.7 Å². The molecule has 0 unspecified atom stereocenters. The fourth-order valence-corrected chi connectivity index (χ4v) is 3.11. The quantitative estimate of drug-likeness (QED) is 0.417. The van der Waals surface area contributed by atoms with E-state index in [4.69, 9.17) is 4.74 Å². The van der Waals surface area contributed by atoms with Crippen molar-refractivity contribution in [2.24, 2.45) is 0 Å². The number of nitrogens with one attached hydrogen (secondary N) is 1. The van der Waals surface area contributed by atoms with Gasteiger partial charge < -0.3 is 14.6 Å². The number of nitrogens with zero attached hydrogens (tertiary/aromatic N) is 3. The van der Waals surface area contributed by atoms with Gasteiger partial charge in [-0.2, -0.15) is 0 Å². The van der Waals surface area contributed by atoms with E-state index in [1.807, 2.05) is 35.0 Å². The number of pyridine rings is 1. The zero-order chi connectivity index (χ0) is 22.2. The number of hydrogen-bond donors (Lipinski definition) is 1. The predicted molar refractivity (Wildman–Crippen MR) is 119 cm³/mol. The van der Waals surface area contributed by atoms with E-state index in [2.05, 4.69) is 15.3 Å². The summed E-state index contributed by atoms with van der Waals surface area (Å²) in [6.07, 6.45) is 11.4. The van der Waals surface area contributed by atoms with Crippen LogP contribution < -0.4 is 10.1 Å². The van der Waals surface area contributed by atoms with Gasteiger partial charge >= 0.3 is 0 Å². The van der Waals surface area contributed by atoms with Crippen LogP contribution >= 0.6 is 0 Å². The van der Waals surface area contributed by atoms with Gasteiger partial charge in [0.2, 0.25) is 5.91 Å². The largest absolute Gasteiger partial charge is 0.453 e. The number of ether oxygens (including phenoxy) is 1. The Morgan fingerprint density at radius 2 is 1.94 bits per heavy atom. The highest BCUT2D eigenvalue weighted by Gasteiger charge is 2.07. The molecule has 6 nitrogen and oxygen atoms in total. The Labute approximate surface area is 185 Å². The van der Waals surface area contributed by atoms with Gasteiger partial charge in [-0.05, 0) is 47.0 Å². The number of carbonyl (C=O) groups is 1. The molecule has 0 fully saturated rings. The van der Waals surface area contributed by atoms with Crippen LogP contribution in [0.5, 0.6) is 11.5 Å². The predicted octanol–water partition coefficient (Wildman–Crippen LogP) is 4.59. The number of imidazole rings is 1. The van der Waals surface area contributed by atoms with E-state index in [1.165, 1.54) is 24.4 Å². The SMILES string of the molecule is O=C(/C=C/c1ccc(Oc2cccnc2)c(F)c1)NCc1ccccc1Cn1ccnc1. The Balaban J connectivity index is 1.34. The van der Waals surface area contributed by atoms with Crippen molar-refractivity contribution >= 4 is 12.0 Å². The molecule has 0 saturated carbocycles. The highest BCUT2D eigenvalue weighted by atomic mass is 19.1. The third kappa shape index (κ3) is 5.66. The minimum atomic E-state index is -0.523.